The molecular formula is C20H33N3O3. The van der Waals surface area contributed by atoms with Gasteiger partial charge in [-0.15, -0.1) is 0 Å². The van der Waals surface area contributed by atoms with Gasteiger partial charge in [0.05, 0.1) is 5.56 Å². The molecule has 26 heavy (non-hydrogen) atoms. The highest BCUT2D eigenvalue weighted by atomic mass is 16.5. The van der Waals surface area contributed by atoms with Crippen molar-refractivity contribution < 1.29 is 14.6 Å². The van der Waals surface area contributed by atoms with Crippen molar-refractivity contribution in [2.45, 2.75) is 39.7 Å². The van der Waals surface area contributed by atoms with Crippen LogP contribution in [-0.2, 0) is 11.3 Å². The molecule has 1 unspecified atom stereocenters. The van der Waals surface area contributed by atoms with Crippen LogP contribution in [0, 0.1) is 25.2 Å². The van der Waals surface area contributed by atoms with E-state index in [0.29, 0.717) is 6.54 Å². The SMILES string of the molecule is COCCCn1c(C)cc(C(=O)N2CC(CO)C3(CCNCC3)C2)c1C. The Bertz CT molecular complexity index is 634. The lowest BCUT2D eigenvalue weighted by Crippen LogP contribution is -2.43. The number of methoxy groups -OCH3 is 1. The van der Waals surface area contributed by atoms with E-state index >= 15 is 0 Å². The molecular weight excluding hydrogens is 330 g/mol. The third-order valence-corrected chi connectivity index (χ3v) is 6.45. The fraction of sp³-hybridized carbons (Fsp3) is 0.750. The lowest BCUT2D eigenvalue weighted by atomic mass is 9.71. The van der Waals surface area contributed by atoms with Gasteiger partial charge < -0.3 is 24.6 Å². The molecule has 1 aromatic rings. The molecule has 0 aliphatic carbocycles. The van der Waals surface area contributed by atoms with Crippen LogP contribution in [0.2, 0.25) is 0 Å². The Hall–Kier alpha value is -1.37. The van der Waals surface area contributed by atoms with Crippen LogP contribution < -0.4 is 5.32 Å². The van der Waals surface area contributed by atoms with Crippen LogP contribution in [0.1, 0.15) is 41.0 Å². The van der Waals surface area contributed by atoms with E-state index in [1.807, 2.05) is 17.9 Å². The Balaban J connectivity index is 1.76. The monoisotopic (exact) mass is 363 g/mol. The molecule has 0 saturated carbocycles. The second kappa shape index (κ2) is 8.11. The standard InChI is InChI=1S/C20H33N3O3/c1-15-11-18(16(2)23(15)9-4-10-26-3)19(25)22-12-17(13-24)20(14-22)5-7-21-8-6-20/h11,17,21,24H,4-10,12-14H2,1-3H3. The van der Waals surface area contributed by atoms with Crippen molar-refractivity contribution in [3.8, 4) is 0 Å². The largest absolute Gasteiger partial charge is 0.396 e. The van der Waals surface area contributed by atoms with E-state index in [9.17, 15) is 9.90 Å². The van der Waals surface area contributed by atoms with Crippen molar-refractivity contribution in [3.63, 3.8) is 0 Å². The molecule has 2 N–H and O–H groups in total. The normalized spacial score (nSPS) is 22.3. The lowest BCUT2D eigenvalue weighted by molar-refractivity contribution is 0.0755. The lowest BCUT2D eigenvalue weighted by Gasteiger charge is -2.37. The molecule has 6 nitrogen and oxygen atoms in total. The van der Waals surface area contributed by atoms with Crippen LogP contribution in [0.3, 0.4) is 0 Å². The summed E-state index contributed by atoms with van der Waals surface area (Å²) in [5.41, 5.74) is 3.05. The maximum absolute atomic E-state index is 13.2. The fourth-order valence-electron chi connectivity index (χ4n) is 4.83. The highest BCUT2D eigenvalue weighted by molar-refractivity contribution is 5.96. The second-order valence-corrected chi connectivity index (χ2v) is 7.96. The highest BCUT2D eigenvalue weighted by Crippen LogP contribution is 2.43. The van der Waals surface area contributed by atoms with Crippen LogP contribution in [0.15, 0.2) is 6.07 Å². The summed E-state index contributed by atoms with van der Waals surface area (Å²) in [4.78, 5) is 15.2. The van der Waals surface area contributed by atoms with Gasteiger partial charge in [0, 0.05) is 57.3 Å². The molecule has 1 spiro atoms. The van der Waals surface area contributed by atoms with Crippen LogP contribution in [0.4, 0.5) is 0 Å². The Labute approximate surface area is 156 Å². The number of likely N-dealkylation sites (tertiary alicyclic amines) is 1. The van der Waals surface area contributed by atoms with E-state index in [1.54, 1.807) is 7.11 Å². The summed E-state index contributed by atoms with van der Waals surface area (Å²) in [6.45, 7) is 9.25. The van der Waals surface area contributed by atoms with Crippen molar-refractivity contribution in [2.24, 2.45) is 11.3 Å². The van der Waals surface area contributed by atoms with Gasteiger partial charge in [0.25, 0.3) is 5.91 Å². The number of amides is 1. The zero-order valence-corrected chi connectivity index (χ0v) is 16.4. The van der Waals surface area contributed by atoms with E-state index in [4.69, 9.17) is 4.74 Å². The Morgan fingerprint density at radius 3 is 2.77 bits per heavy atom. The molecule has 6 heteroatoms. The molecule has 1 atom stereocenters. The minimum absolute atomic E-state index is 0.0830. The average molecular weight is 364 g/mol. The Kier molecular flexibility index (Phi) is 6.05. The summed E-state index contributed by atoms with van der Waals surface area (Å²) in [5.74, 6) is 0.309. The number of aryl methyl sites for hydroxylation is 1. The van der Waals surface area contributed by atoms with Crippen molar-refractivity contribution >= 4 is 5.91 Å². The topological polar surface area (TPSA) is 66.7 Å². The van der Waals surface area contributed by atoms with Gasteiger partial charge in [0.15, 0.2) is 0 Å². The number of aromatic nitrogens is 1. The van der Waals surface area contributed by atoms with Gasteiger partial charge in [-0.2, -0.15) is 0 Å². The third kappa shape index (κ3) is 3.55. The Morgan fingerprint density at radius 1 is 1.38 bits per heavy atom. The molecule has 0 radical (unpaired) electrons. The number of aliphatic hydroxyl groups excluding tert-OH is 1. The molecule has 146 valence electrons. The van der Waals surface area contributed by atoms with Crippen LogP contribution in [-0.4, -0.2) is 67.0 Å². The van der Waals surface area contributed by atoms with Crippen molar-refractivity contribution in [3.05, 3.63) is 23.0 Å². The molecule has 3 heterocycles. The molecule has 1 amide bonds. The molecule has 0 aromatic carbocycles. The first-order chi connectivity index (χ1) is 12.5. The van der Waals surface area contributed by atoms with Gasteiger partial charge in [-0.05, 0) is 57.7 Å². The molecule has 1 aromatic heterocycles. The maximum Gasteiger partial charge on any atom is 0.255 e. The smallest absolute Gasteiger partial charge is 0.255 e. The number of hydrogen-bond donors (Lipinski definition) is 2. The van der Waals surface area contributed by atoms with Gasteiger partial charge in [-0.25, -0.2) is 0 Å². The number of ether oxygens (including phenoxy) is 1. The summed E-state index contributed by atoms with van der Waals surface area (Å²) >= 11 is 0. The van der Waals surface area contributed by atoms with E-state index in [1.165, 1.54) is 0 Å². The molecule has 2 saturated heterocycles. The van der Waals surface area contributed by atoms with E-state index in [2.05, 4.69) is 16.8 Å². The molecule has 2 fully saturated rings. The number of piperidine rings is 1. The summed E-state index contributed by atoms with van der Waals surface area (Å²) in [6.07, 6.45) is 3.02. The predicted molar refractivity (Wildman–Crippen MR) is 101 cm³/mol. The average Bonchev–Trinajstić information content (AvgIpc) is 3.13. The number of aliphatic hydroxyl groups is 1. The van der Waals surface area contributed by atoms with Gasteiger partial charge in [-0.1, -0.05) is 0 Å². The molecule has 2 aliphatic heterocycles. The zero-order chi connectivity index (χ0) is 18.7. The number of carbonyl (C=O) groups excluding carboxylic acids is 1. The van der Waals surface area contributed by atoms with Crippen LogP contribution >= 0.6 is 0 Å². The predicted octanol–water partition coefficient (Wildman–Crippen LogP) is 1.58. The van der Waals surface area contributed by atoms with Crippen molar-refractivity contribution in [1.82, 2.24) is 14.8 Å². The number of nitrogens with one attached hydrogen (secondary N) is 1. The number of nitrogens with zero attached hydrogens (tertiary/aromatic N) is 2. The first kappa shape index (κ1) is 19.4. The van der Waals surface area contributed by atoms with Gasteiger partial charge in [0.1, 0.15) is 0 Å². The van der Waals surface area contributed by atoms with Crippen molar-refractivity contribution in [2.75, 3.05) is 46.5 Å². The Morgan fingerprint density at radius 2 is 2.12 bits per heavy atom. The molecule has 3 rings (SSSR count). The molecule has 2 aliphatic rings. The minimum atomic E-state index is 0.0830. The fourth-order valence-corrected chi connectivity index (χ4v) is 4.83. The van der Waals surface area contributed by atoms with Crippen LogP contribution in [0.5, 0.6) is 0 Å². The quantitative estimate of drug-likeness (QED) is 0.753. The van der Waals surface area contributed by atoms with E-state index in [0.717, 1.165) is 69.0 Å². The molecule has 0 bridgehead atoms. The minimum Gasteiger partial charge on any atom is -0.396 e. The zero-order valence-electron chi connectivity index (χ0n) is 16.4. The first-order valence-electron chi connectivity index (χ1n) is 9.79. The first-order valence-corrected chi connectivity index (χ1v) is 9.79. The number of hydrogen-bond acceptors (Lipinski definition) is 4. The summed E-state index contributed by atoms with van der Waals surface area (Å²) in [7, 11) is 1.71. The van der Waals surface area contributed by atoms with Crippen molar-refractivity contribution in [1.29, 1.82) is 0 Å². The summed E-state index contributed by atoms with van der Waals surface area (Å²) < 4.78 is 7.36. The van der Waals surface area contributed by atoms with Gasteiger partial charge >= 0.3 is 0 Å². The van der Waals surface area contributed by atoms with Gasteiger partial charge in [0.2, 0.25) is 0 Å². The van der Waals surface area contributed by atoms with E-state index in [-0.39, 0.29) is 23.8 Å². The number of rotatable bonds is 6. The highest BCUT2D eigenvalue weighted by Gasteiger charge is 2.48. The summed E-state index contributed by atoms with van der Waals surface area (Å²) in [5, 5.41) is 13.3. The number of carbonyl (C=O) groups is 1. The second-order valence-electron chi connectivity index (χ2n) is 7.96. The van der Waals surface area contributed by atoms with E-state index < -0.39 is 0 Å². The van der Waals surface area contributed by atoms with Crippen LogP contribution in [0.25, 0.3) is 0 Å². The maximum atomic E-state index is 13.2. The van der Waals surface area contributed by atoms with Gasteiger partial charge in [-0.3, -0.25) is 4.79 Å². The third-order valence-electron chi connectivity index (χ3n) is 6.45. The summed E-state index contributed by atoms with van der Waals surface area (Å²) in [6, 6.07) is 2.02.